The SMILES string of the molecule is CCn1c(C2CCN(C(=O)NC(C)(C)CC(C)(C)C)CC2)nn(C)c1=O. The van der Waals surface area contributed by atoms with Crippen LogP contribution in [0.3, 0.4) is 0 Å². The van der Waals surface area contributed by atoms with Gasteiger partial charge in [-0.15, -0.1) is 0 Å². The second kappa shape index (κ2) is 7.45. The molecule has 2 rings (SSSR count). The molecule has 1 fully saturated rings. The van der Waals surface area contributed by atoms with E-state index in [0.29, 0.717) is 19.6 Å². The molecule has 0 radical (unpaired) electrons. The predicted octanol–water partition coefficient (Wildman–Crippen LogP) is 2.71. The van der Waals surface area contributed by atoms with E-state index in [0.717, 1.165) is 25.1 Å². The van der Waals surface area contributed by atoms with Gasteiger partial charge in [0.05, 0.1) is 0 Å². The number of amides is 2. The normalized spacial score (nSPS) is 16.8. The highest BCUT2D eigenvalue weighted by molar-refractivity contribution is 5.75. The summed E-state index contributed by atoms with van der Waals surface area (Å²) < 4.78 is 3.15. The number of aromatic nitrogens is 3. The Morgan fingerprint density at radius 2 is 1.77 bits per heavy atom. The van der Waals surface area contributed by atoms with Crippen LogP contribution in [0.15, 0.2) is 4.79 Å². The number of nitrogens with one attached hydrogen (secondary N) is 1. The highest BCUT2D eigenvalue weighted by Crippen LogP contribution is 2.29. The molecule has 0 atom stereocenters. The second-order valence-electron chi connectivity index (χ2n) is 9.32. The maximum Gasteiger partial charge on any atom is 0.345 e. The molecule has 0 spiro atoms. The minimum absolute atomic E-state index is 0.00611. The molecule has 26 heavy (non-hydrogen) atoms. The number of piperidine rings is 1. The fourth-order valence-electron chi connectivity index (χ4n) is 4.20. The van der Waals surface area contributed by atoms with Gasteiger partial charge in [-0.25, -0.2) is 14.3 Å². The van der Waals surface area contributed by atoms with Crippen molar-refractivity contribution in [3.63, 3.8) is 0 Å². The summed E-state index contributed by atoms with van der Waals surface area (Å²) >= 11 is 0. The Kier molecular flexibility index (Phi) is 5.88. The first kappa shape index (κ1) is 20.5. The Balaban J connectivity index is 1.97. The highest BCUT2D eigenvalue weighted by Gasteiger charge is 2.32. The first-order valence-corrected chi connectivity index (χ1v) is 9.64. The lowest BCUT2D eigenvalue weighted by molar-refractivity contribution is 0.160. The van der Waals surface area contributed by atoms with Crippen molar-refractivity contribution in [3.05, 3.63) is 16.3 Å². The number of carbonyl (C=O) groups is 1. The molecule has 7 heteroatoms. The van der Waals surface area contributed by atoms with Crippen LogP contribution in [0.4, 0.5) is 4.79 Å². The summed E-state index contributed by atoms with van der Waals surface area (Å²) in [6.07, 6.45) is 2.59. The fraction of sp³-hybridized carbons (Fsp3) is 0.842. The molecule has 148 valence electrons. The van der Waals surface area contributed by atoms with Crippen LogP contribution >= 0.6 is 0 Å². The summed E-state index contributed by atoms with van der Waals surface area (Å²) in [7, 11) is 1.69. The third kappa shape index (κ3) is 4.89. The number of carbonyl (C=O) groups excluding carboxylic acids is 1. The summed E-state index contributed by atoms with van der Waals surface area (Å²) in [5.41, 5.74) is -0.144. The Morgan fingerprint density at radius 3 is 2.27 bits per heavy atom. The lowest BCUT2D eigenvalue weighted by atomic mass is 9.82. The molecule has 7 nitrogen and oxygen atoms in total. The van der Waals surface area contributed by atoms with Crippen molar-refractivity contribution in [2.45, 2.75) is 78.8 Å². The van der Waals surface area contributed by atoms with E-state index in [4.69, 9.17) is 0 Å². The van der Waals surface area contributed by atoms with Crippen molar-refractivity contribution < 1.29 is 4.79 Å². The summed E-state index contributed by atoms with van der Waals surface area (Å²) in [5.74, 6) is 1.09. The Bertz CT molecular complexity index is 688. The van der Waals surface area contributed by atoms with Gasteiger partial charge in [-0.05, 0) is 45.4 Å². The molecule has 1 N–H and O–H groups in total. The molecule has 1 aliphatic rings. The zero-order valence-electron chi connectivity index (χ0n) is 17.4. The Hall–Kier alpha value is -1.79. The summed E-state index contributed by atoms with van der Waals surface area (Å²) in [4.78, 5) is 26.6. The van der Waals surface area contributed by atoms with E-state index in [1.807, 2.05) is 11.8 Å². The summed E-state index contributed by atoms with van der Waals surface area (Å²) in [5, 5.41) is 7.61. The molecular weight excluding hydrogens is 330 g/mol. The molecule has 1 aromatic heterocycles. The quantitative estimate of drug-likeness (QED) is 0.892. The van der Waals surface area contributed by atoms with Crippen LogP contribution in [0.25, 0.3) is 0 Å². The van der Waals surface area contributed by atoms with E-state index >= 15 is 0 Å². The van der Waals surface area contributed by atoms with Gasteiger partial charge in [0, 0.05) is 38.1 Å². The zero-order valence-corrected chi connectivity index (χ0v) is 17.4. The van der Waals surface area contributed by atoms with Gasteiger partial charge >= 0.3 is 11.7 Å². The smallest absolute Gasteiger partial charge is 0.333 e. The van der Waals surface area contributed by atoms with E-state index in [1.165, 1.54) is 4.68 Å². The fourth-order valence-corrected chi connectivity index (χ4v) is 4.20. The predicted molar refractivity (Wildman–Crippen MR) is 103 cm³/mol. The van der Waals surface area contributed by atoms with Gasteiger partial charge in [-0.1, -0.05) is 20.8 Å². The van der Waals surface area contributed by atoms with Gasteiger partial charge in [-0.3, -0.25) is 4.57 Å². The lowest BCUT2D eigenvalue weighted by Crippen LogP contribution is -2.53. The van der Waals surface area contributed by atoms with E-state index in [9.17, 15) is 9.59 Å². The largest absolute Gasteiger partial charge is 0.345 e. The van der Waals surface area contributed by atoms with Crippen LogP contribution in [-0.4, -0.2) is 43.9 Å². The molecule has 0 bridgehead atoms. The minimum Gasteiger partial charge on any atom is -0.333 e. The van der Waals surface area contributed by atoms with Crippen molar-refractivity contribution >= 4 is 6.03 Å². The average molecular weight is 366 g/mol. The molecular formula is C19H35N5O2. The number of hydrogen-bond donors (Lipinski definition) is 1. The van der Waals surface area contributed by atoms with Crippen molar-refractivity contribution in [1.29, 1.82) is 0 Å². The van der Waals surface area contributed by atoms with Crippen LogP contribution in [0, 0.1) is 5.41 Å². The van der Waals surface area contributed by atoms with Crippen LogP contribution in [0.5, 0.6) is 0 Å². The van der Waals surface area contributed by atoms with E-state index in [2.05, 4.69) is 45.0 Å². The van der Waals surface area contributed by atoms with Crippen molar-refractivity contribution in [2.75, 3.05) is 13.1 Å². The van der Waals surface area contributed by atoms with Gasteiger partial charge < -0.3 is 10.2 Å². The van der Waals surface area contributed by atoms with Crippen molar-refractivity contribution in [2.24, 2.45) is 12.5 Å². The average Bonchev–Trinajstić information content (AvgIpc) is 2.79. The number of rotatable bonds is 4. The van der Waals surface area contributed by atoms with E-state index < -0.39 is 0 Å². The van der Waals surface area contributed by atoms with E-state index in [-0.39, 0.29) is 28.6 Å². The highest BCUT2D eigenvalue weighted by atomic mass is 16.2. The monoisotopic (exact) mass is 365 g/mol. The topological polar surface area (TPSA) is 72.2 Å². The molecule has 1 aliphatic heterocycles. The van der Waals surface area contributed by atoms with Crippen LogP contribution in [0.1, 0.15) is 72.5 Å². The van der Waals surface area contributed by atoms with Crippen molar-refractivity contribution in [1.82, 2.24) is 24.6 Å². The van der Waals surface area contributed by atoms with Crippen LogP contribution < -0.4 is 11.0 Å². The second-order valence-corrected chi connectivity index (χ2v) is 9.32. The number of likely N-dealkylation sites (tertiary alicyclic amines) is 1. The maximum absolute atomic E-state index is 12.7. The lowest BCUT2D eigenvalue weighted by Gasteiger charge is -2.37. The van der Waals surface area contributed by atoms with Gasteiger partial charge in [0.2, 0.25) is 0 Å². The van der Waals surface area contributed by atoms with Gasteiger partial charge in [0.15, 0.2) is 0 Å². The third-order valence-corrected chi connectivity index (χ3v) is 4.92. The number of hydrogen-bond acceptors (Lipinski definition) is 3. The standard InChI is InChI=1S/C19H35N5O2/c1-8-24-15(21-22(7)17(24)26)14-9-11-23(12-10-14)16(25)20-19(5,6)13-18(2,3)4/h14H,8-13H2,1-7H3,(H,20,25). The zero-order chi connectivity index (χ0) is 19.7. The Morgan fingerprint density at radius 1 is 1.19 bits per heavy atom. The third-order valence-electron chi connectivity index (χ3n) is 4.92. The number of urea groups is 1. The first-order chi connectivity index (χ1) is 11.9. The number of aryl methyl sites for hydroxylation is 1. The molecule has 1 saturated heterocycles. The van der Waals surface area contributed by atoms with E-state index in [1.54, 1.807) is 11.6 Å². The maximum atomic E-state index is 12.7. The first-order valence-electron chi connectivity index (χ1n) is 9.64. The summed E-state index contributed by atoms with van der Waals surface area (Å²) in [6.45, 7) is 14.7. The molecule has 0 aliphatic carbocycles. The number of nitrogens with zero attached hydrogens (tertiary/aromatic N) is 4. The molecule has 0 aromatic carbocycles. The van der Waals surface area contributed by atoms with Crippen molar-refractivity contribution in [3.8, 4) is 0 Å². The molecule has 2 heterocycles. The van der Waals surface area contributed by atoms with Crippen LogP contribution in [-0.2, 0) is 13.6 Å². The molecule has 0 saturated carbocycles. The van der Waals surface area contributed by atoms with Gasteiger partial charge in [0.25, 0.3) is 0 Å². The molecule has 2 amide bonds. The Labute approximate surface area is 156 Å². The molecule has 0 unspecified atom stereocenters. The molecule has 1 aromatic rings. The minimum atomic E-state index is -0.240. The van der Waals surface area contributed by atoms with Gasteiger partial charge in [-0.2, -0.15) is 5.10 Å². The van der Waals surface area contributed by atoms with Crippen LogP contribution in [0.2, 0.25) is 0 Å². The van der Waals surface area contributed by atoms with Gasteiger partial charge in [0.1, 0.15) is 5.82 Å². The summed E-state index contributed by atoms with van der Waals surface area (Å²) in [6, 6.07) is 0.00611.